The molecule has 5 nitrogen and oxygen atoms in total. The van der Waals surface area contributed by atoms with E-state index >= 15 is 0 Å². The molecule has 2 saturated carbocycles. The van der Waals surface area contributed by atoms with E-state index in [9.17, 15) is 4.79 Å². The molecule has 168 valence electrons. The van der Waals surface area contributed by atoms with Crippen molar-refractivity contribution in [3.05, 3.63) is 48.2 Å². The van der Waals surface area contributed by atoms with Crippen molar-refractivity contribution in [3.63, 3.8) is 0 Å². The molecule has 3 aromatic rings. The Morgan fingerprint density at radius 1 is 0.969 bits per heavy atom. The Morgan fingerprint density at radius 2 is 1.69 bits per heavy atom. The number of carbonyl (C=O) groups is 1. The summed E-state index contributed by atoms with van der Waals surface area (Å²) in [4.78, 5) is 23.6. The summed E-state index contributed by atoms with van der Waals surface area (Å²) >= 11 is 0. The van der Waals surface area contributed by atoms with Gasteiger partial charge in [-0.3, -0.25) is 9.78 Å². The standard InChI is InChI=1S/C27H34N4O/c1-19-11-10-18-28-24(19)26-30-22-16-8-9-17-23(22)31(26)25(20-12-4-2-5-13-20)27(32)29-21-14-6-3-7-15-21/h8-11,16-18,20-21,25H,2-7,12-15H2,1H3,(H,29,32). The second-order valence-electron chi connectivity index (χ2n) is 9.65. The highest BCUT2D eigenvalue weighted by Crippen LogP contribution is 2.38. The summed E-state index contributed by atoms with van der Waals surface area (Å²) in [5.41, 5.74) is 3.91. The third-order valence-electron chi connectivity index (χ3n) is 7.41. The summed E-state index contributed by atoms with van der Waals surface area (Å²) in [7, 11) is 0. The first-order valence-electron chi connectivity index (χ1n) is 12.4. The van der Waals surface area contributed by atoms with Crippen molar-refractivity contribution in [2.24, 2.45) is 5.92 Å². The van der Waals surface area contributed by atoms with Gasteiger partial charge in [-0.05, 0) is 62.3 Å². The van der Waals surface area contributed by atoms with E-state index in [1.165, 1.54) is 38.5 Å². The molecule has 2 aromatic heterocycles. The lowest BCUT2D eigenvalue weighted by Gasteiger charge is -2.33. The number of nitrogens with one attached hydrogen (secondary N) is 1. The average molecular weight is 431 g/mol. The van der Waals surface area contributed by atoms with E-state index in [0.717, 1.165) is 53.8 Å². The van der Waals surface area contributed by atoms with Gasteiger partial charge in [0.25, 0.3) is 0 Å². The molecule has 0 saturated heterocycles. The van der Waals surface area contributed by atoms with Crippen LogP contribution in [0.1, 0.15) is 75.8 Å². The van der Waals surface area contributed by atoms with Gasteiger partial charge in [-0.1, -0.05) is 56.7 Å². The number of carbonyl (C=O) groups excluding carboxylic acids is 1. The Labute approximate surface area is 190 Å². The molecule has 1 amide bonds. The molecule has 5 heteroatoms. The van der Waals surface area contributed by atoms with E-state index in [2.05, 4.69) is 28.9 Å². The van der Waals surface area contributed by atoms with E-state index in [0.29, 0.717) is 12.0 Å². The summed E-state index contributed by atoms with van der Waals surface area (Å²) in [5, 5.41) is 3.45. The number of imidazole rings is 1. The maximum atomic E-state index is 13.9. The lowest BCUT2D eigenvalue weighted by molar-refractivity contribution is -0.127. The van der Waals surface area contributed by atoms with Gasteiger partial charge in [0.1, 0.15) is 11.7 Å². The van der Waals surface area contributed by atoms with Crippen molar-refractivity contribution in [1.29, 1.82) is 0 Å². The number of hydrogen-bond donors (Lipinski definition) is 1. The quantitative estimate of drug-likeness (QED) is 0.542. The van der Waals surface area contributed by atoms with Crippen LogP contribution in [0.4, 0.5) is 0 Å². The highest BCUT2D eigenvalue weighted by atomic mass is 16.2. The second-order valence-corrected chi connectivity index (χ2v) is 9.65. The minimum atomic E-state index is -0.249. The number of rotatable bonds is 5. The third kappa shape index (κ3) is 4.17. The van der Waals surface area contributed by atoms with Crippen molar-refractivity contribution < 1.29 is 4.79 Å². The van der Waals surface area contributed by atoms with Crippen LogP contribution in [0.25, 0.3) is 22.6 Å². The van der Waals surface area contributed by atoms with Gasteiger partial charge in [0.2, 0.25) is 5.91 Å². The smallest absolute Gasteiger partial charge is 0.243 e. The minimum absolute atomic E-state index is 0.168. The first kappa shape index (κ1) is 21.2. The van der Waals surface area contributed by atoms with Crippen molar-refractivity contribution >= 4 is 16.9 Å². The molecular weight excluding hydrogens is 396 g/mol. The molecule has 2 aliphatic rings. The largest absolute Gasteiger partial charge is 0.352 e. The summed E-state index contributed by atoms with van der Waals surface area (Å²) in [6, 6.07) is 12.3. The van der Waals surface area contributed by atoms with Gasteiger partial charge >= 0.3 is 0 Å². The normalized spacial score (nSPS) is 19.2. The Morgan fingerprint density at radius 3 is 2.44 bits per heavy atom. The summed E-state index contributed by atoms with van der Waals surface area (Å²) in [5.74, 6) is 1.31. The second kappa shape index (κ2) is 9.43. The Bertz CT molecular complexity index is 1080. The van der Waals surface area contributed by atoms with Crippen LogP contribution in [0.5, 0.6) is 0 Å². The van der Waals surface area contributed by atoms with Crippen LogP contribution in [-0.2, 0) is 4.79 Å². The summed E-state index contributed by atoms with van der Waals surface area (Å²) in [6.45, 7) is 2.07. The molecule has 0 bridgehead atoms. The van der Waals surface area contributed by atoms with E-state index in [-0.39, 0.29) is 11.9 Å². The fourth-order valence-electron chi connectivity index (χ4n) is 5.74. The molecule has 32 heavy (non-hydrogen) atoms. The van der Waals surface area contributed by atoms with Crippen molar-refractivity contribution in [2.45, 2.75) is 83.2 Å². The first-order chi connectivity index (χ1) is 15.7. The average Bonchev–Trinajstić information content (AvgIpc) is 3.20. The molecule has 2 fully saturated rings. The summed E-state index contributed by atoms with van der Waals surface area (Å²) < 4.78 is 2.22. The molecule has 1 aromatic carbocycles. The topological polar surface area (TPSA) is 59.8 Å². The van der Waals surface area contributed by atoms with E-state index in [1.54, 1.807) is 0 Å². The van der Waals surface area contributed by atoms with E-state index < -0.39 is 0 Å². The van der Waals surface area contributed by atoms with Gasteiger partial charge < -0.3 is 9.88 Å². The van der Waals surface area contributed by atoms with Gasteiger partial charge in [-0.15, -0.1) is 0 Å². The zero-order chi connectivity index (χ0) is 21.9. The molecule has 0 radical (unpaired) electrons. The Balaban J connectivity index is 1.63. The number of nitrogens with zero attached hydrogens (tertiary/aromatic N) is 3. The summed E-state index contributed by atoms with van der Waals surface area (Å²) in [6.07, 6.45) is 13.6. The number of amides is 1. The highest BCUT2D eigenvalue weighted by Gasteiger charge is 2.35. The van der Waals surface area contributed by atoms with Crippen molar-refractivity contribution in [2.75, 3.05) is 0 Å². The SMILES string of the molecule is Cc1cccnc1-c1nc2ccccc2n1C(C(=O)NC1CCCCC1)C1CCCCC1. The monoisotopic (exact) mass is 430 g/mol. The molecule has 0 spiro atoms. The number of para-hydroxylation sites is 2. The number of fused-ring (bicyclic) bond motifs is 1. The number of aromatic nitrogens is 3. The van der Waals surface area contributed by atoms with Crippen molar-refractivity contribution in [1.82, 2.24) is 19.9 Å². The molecule has 1 atom stereocenters. The van der Waals surface area contributed by atoms with Crippen LogP contribution < -0.4 is 5.32 Å². The molecule has 2 aliphatic carbocycles. The Hall–Kier alpha value is -2.69. The van der Waals surface area contributed by atoms with Gasteiger partial charge in [0.05, 0.1) is 11.0 Å². The zero-order valence-electron chi connectivity index (χ0n) is 19.1. The van der Waals surface area contributed by atoms with Crippen LogP contribution in [0.3, 0.4) is 0 Å². The highest BCUT2D eigenvalue weighted by molar-refractivity contribution is 5.87. The van der Waals surface area contributed by atoms with E-state index in [1.807, 2.05) is 30.5 Å². The van der Waals surface area contributed by atoms with Gasteiger partial charge in [-0.2, -0.15) is 0 Å². The van der Waals surface area contributed by atoms with Crippen LogP contribution >= 0.6 is 0 Å². The first-order valence-corrected chi connectivity index (χ1v) is 12.4. The zero-order valence-corrected chi connectivity index (χ0v) is 19.1. The fourth-order valence-corrected chi connectivity index (χ4v) is 5.74. The third-order valence-corrected chi connectivity index (χ3v) is 7.41. The van der Waals surface area contributed by atoms with E-state index in [4.69, 9.17) is 9.97 Å². The number of hydrogen-bond acceptors (Lipinski definition) is 3. The maximum Gasteiger partial charge on any atom is 0.243 e. The number of pyridine rings is 1. The lowest BCUT2D eigenvalue weighted by Crippen LogP contribution is -2.43. The fraction of sp³-hybridized carbons (Fsp3) is 0.519. The predicted octanol–water partition coefficient (Wildman–Crippen LogP) is 5.98. The molecule has 2 heterocycles. The molecule has 1 unspecified atom stereocenters. The molecule has 0 aliphatic heterocycles. The van der Waals surface area contributed by atoms with Gasteiger partial charge in [-0.25, -0.2) is 4.98 Å². The Kier molecular flexibility index (Phi) is 6.24. The van der Waals surface area contributed by atoms with Crippen molar-refractivity contribution in [3.8, 4) is 11.5 Å². The molecular formula is C27H34N4O. The predicted molar refractivity (Wildman–Crippen MR) is 128 cm³/mol. The minimum Gasteiger partial charge on any atom is -0.352 e. The van der Waals surface area contributed by atoms with Crippen LogP contribution in [0.2, 0.25) is 0 Å². The van der Waals surface area contributed by atoms with Crippen LogP contribution in [-0.4, -0.2) is 26.5 Å². The maximum absolute atomic E-state index is 13.9. The van der Waals surface area contributed by atoms with Gasteiger partial charge in [0.15, 0.2) is 5.82 Å². The number of aryl methyl sites for hydroxylation is 1. The van der Waals surface area contributed by atoms with Crippen LogP contribution in [0.15, 0.2) is 42.6 Å². The van der Waals surface area contributed by atoms with Crippen LogP contribution in [0, 0.1) is 12.8 Å². The molecule has 5 rings (SSSR count). The van der Waals surface area contributed by atoms with Gasteiger partial charge in [0, 0.05) is 12.2 Å². The number of benzene rings is 1. The molecule has 1 N–H and O–H groups in total. The lowest BCUT2D eigenvalue weighted by atomic mass is 9.82.